The van der Waals surface area contributed by atoms with Gasteiger partial charge in [0.05, 0.1) is 5.69 Å². The molecule has 1 aromatic heterocycles. The van der Waals surface area contributed by atoms with Crippen LogP contribution in [-0.4, -0.2) is 27.8 Å². The van der Waals surface area contributed by atoms with Crippen molar-refractivity contribution in [3.8, 4) is 16.9 Å². The summed E-state index contributed by atoms with van der Waals surface area (Å²) >= 11 is 0. The van der Waals surface area contributed by atoms with E-state index in [2.05, 4.69) is 5.10 Å². The van der Waals surface area contributed by atoms with Crippen molar-refractivity contribution in [1.82, 2.24) is 9.78 Å². The van der Waals surface area contributed by atoms with E-state index >= 15 is 0 Å². The summed E-state index contributed by atoms with van der Waals surface area (Å²) in [4.78, 5) is 23.8. The fourth-order valence-electron chi connectivity index (χ4n) is 2.44. The van der Waals surface area contributed by atoms with Gasteiger partial charge in [-0.25, -0.2) is 9.48 Å². The zero-order valence-electron chi connectivity index (χ0n) is 14.5. The molecule has 0 saturated carbocycles. The summed E-state index contributed by atoms with van der Waals surface area (Å²) in [5.74, 6) is -1.35. The number of ether oxygens (including phenoxy) is 1. The van der Waals surface area contributed by atoms with E-state index in [1.807, 2.05) is 61.5 Å². The zero-order valence-corrected chi connectivity index (χ0v) is 14.5. The van der Waals surface area contributed by atoms with Crippen LogP contribution in [-0.2, 0) is 9.53 Å². The minimum absolute atomic E-state index is 0.269. The maximum absolute atomic E-state index is 12.6. The highest BCUT2D eigenvalue weighted by Gasteiger charge is 2.23. The Morgan fingerprint density at radius 3 is 2.35 bits per heavy atom. The van der Waals surface area contributed by atoms with E-state index in [-0.39, 0.29) is 5.56 Å². The van der Waals surface area contributed by atoms with E-state index in [9.17, 15) is 9.59 Å². The minimum atomic E-state index is -1.02. The van der Waals surface area contributed by atoms with Crippen LogP contribution in [0.3, 0.4) is 0 Å². The van der Waals surface area contributed by atoms with Crippen LogP contribution in [0.1, 0.15) is 22.8 Å². The Kier molecular flexibility index (Phi) is 4.84. The number of esters is 1. The van der Waals surface area contributed by atoms with Crippen LogP contribution in [0, 0.1) is 6.92 Å². The van der Waals surface area contributed by atoms with E-state index in [0.717, 1.165) is 16.8 Å². The molecule has 1 heterocycles. The summed E-state index contributed by atoms with van der Waals surface area (Å²) in [6.07, 6.45) is 0.578. The standard InChI is InChI=1S/C20H19N3O3/c1-13-8-10-15(11-9-13)18-17(20(25)26-14(2)19(21)24)12-23(22-18)16-6-4-3-5-7-16/h3-12,14H,1-2H3,(H2,21,24). The number of carbonyl (C=O) groups excluding carboxylic acids is 2. The van der Waals surface area contributed by atoms with E-state index in [1.54, 1.807) is 10.9 Å². The first-order chi connectivity index (χ1) is 12.5. The Bertz CT molecular complexity index is 931. The van der Waals surface area contributed by atoms with Gasteiger partial charge < -0.3 is 10.5 Å². The number of nitrogens with two attached hydrogens (primary N) is 1. The average molecular weight is 349 g/mol. The Balaban J connectivity index is 2.05. The molecule has 0 aliphatic rings. The first-order valence-electron chi connectivity index (χ1n) is 8.18. The van der Waals surface area contributed by atoms with Gasteiger partial charge in [-0.3, -0.25) is 4.79 Å². The first kappa shape index (κ1) is 17.4. The van der Waals surface area contributed by atoms with Crippen LogP contribution in [0.15, 0.2) is 60.8 Å². The van der Waals surface area contributed by atoms with Gasteiger partial charge in [0.1, 0.15) is 11.3 Å². The molecule has 0 aliphatic carbocycles. The fraction of sp³-hybridized carbons (Fsp3) is 0.150. The molecular formula is C20H19N3O3. The number of carbonyl (C=O) groups is 2. The molecule has 0 radical (unpaired) electrons. The third-order valence-corrected chi connectivity index (χ3v) is 3.96. The number of rotatable bonds is 5. The second-order valence-corrected chi connectivity index (χ2v) is 5.99. The number of amides is 1. The zero-order chi connectivity index (χ0) is 18.7. The number of para-hydroxylation sites is 1. The number of aromatic nitrogens is 2. The lowest BCUT2D eigenvalue weighted by atomic mass is 10.1. The van der Waals surface area contributed by atoms with Crippen molar-refractivity contribution in [3.05, 3.63) is 71.9 Å². The molecule has 2 aromatic carbocycles. The predicted molar refractivity (Wildman–Crippen MR) is 97.8 cm³/mol. The maximum atomic E-state index is 12.6. The van der Waals surface area contributed by atoms with Gasteiger partial charge >= 0.3 is 5.97 Å². The summed E-state index contributed by atoms with van der Waals surface area (Å²) in [5.41, 5.74) is 8.63. The predicted octanol–water partition coefficient (Wildman–Crippen LogP) is 2.88. The van der Waals surface area contributed by atoms with Gasteiger partial charge in [-0.05, 0) is 26.0 Å². The Morgan fingerprint density at radius 1 is 1.08 bits per heavy atom. The topological polar surface area (TPSA) is 87.2 Å². The number of nitrogens with zero attached hydrogens (tertiary/aromatic N) is 2. The molecular weight excluding hydrogens is 330 g/mol. The van der Waals surface area contributed by atoms with E-state index in [0.29, 0.717) is 5.69 Å². The molecule has 1 unspecified atom stereocenters. The summed E-state index contributed by atoms with van der Waals surface area (Å²) < 4.78 is 6.78. The van der Waals surface area contributed by atoms with Crippen LogP contribution in [0.4, 0.5) is 0 Å². The molecule has 0 spiro atoms. The number of hydrogen-bond donors (Lipinski definition) is 1. The van der Waals surface area contributed by atoms with Crippen LogP contribution in [0.25, 0.3) is 16.9 Å². The second kappa shape index (κ2) is 7.23. The van der Waals surface area contributed by atoms with Crippen LogP contribution < -0.4 is 5.73 Å². The van der Waals surface area contributed by atoms with Crippen LogP contribution in [0.2, 0.25) is 0 Å². The van der Waals surface area contributed by atoms with Gasteiger partial charge in [-0.15, -0.1) is 0 Å². The van der Waals surface area contributed by atoms with E-state index < -0.39 is 18.0 Å². The largest absolute Gasteiger partial charge is 0.449 e. The van der Waals surface area contributed by atoms with Crippen LogP contribution in [0.5, 0.6) is 0 Å². The van der Waals surface area contributed by atoms with Crippen molar-refractivity contribution < 1.29 is 14.3 Å². The smallest absolute Gasteiger partial charge is 0.342 e. The van der Waals surface area contributed by atoms with Crippen molar-refractivity contribution in [3.63, 3.8) is 0 Å². The molecule has 26 heavy (non-hydrogen) atoms. The third kappa shape index (κ3) is 3.64. The molecule has 3 aromatic rings. The molecule has 3 rings (SSSR count). The van der Waals surface area contributed by atoms with Crippen molar-refractivity contribution in [2.75, 3.05) is 0 Å². The maximum Gasteiger partial charge on any atom is 0.342 e. The molecule has 6 nitrogen and oxygen atoms in total. The molecule has 0 saturated heterocycles. The molecule has 132 valence electrons. The highest BCUT2D eigenvalue weighted by molar-refractivity contribution is 5.97. The van der Waals surface area contributed by atoms with Gasteiger partial charge in [0, 0.05) is 11.8 Å². The lowest BCUT2D eigenvalue weighted by Gasteiger charge is -2.09. The highest BCUT2D eigenvalue weighted by Crippen LogP contribution is 2.25. The molecule has 2 N–H and O–H groups in total. The Morgan fingerprint density at radius 2 is 1.73 bits per heavy atom. The van der Waals surface area contributed by atoms with Crippen molar-refractivity contribution >= 4 is 11.9 Å². The monoisotopic (exact) mass is 349 g/mol. The summed E-state index contributed by atoms with van der Waals surface area (Å²) in [6.45, 7) is 3.42. The van der Waals surface area contributed by atoms with Gasteiger partial charge in [0.15, 0.2) is 6.10 Å². The number of aryl methyl sites for hydroxylation is 1. The molecule has 0 bridgehead atoms. The molecule has 0 aliphatic heterocycles. The lowest BCUT2D eigenvalue weighted by Crippen LogP contribution is -2.30. The minimum Gasteiger partial charge on any atom is -0.449 e. The SMILES string of the molecule is Cc1ccc(-c2nn(-c3ccccc3)cc2C(=O)OC(C)C(N)=O)cc1. The Hall–Kier alpha value is -3.41. The second-order valence-electron chi connectivity index (χ2n) is 5.99. The van der Waals surface area contributed by atoms with Crippen molar-refractivity contribution in [2.24, 2.45) is 5.73 Å². The summed E-state index contributed by atoms with van der Waals surface area (Å²) in [7, 11) is 0. The van der Waals surface area contributed by atoms with Crippen molar-refractivity contribution in [2.45, 2.75) is 20.0 Å². The number of primary amides is 1. The van der Waals surface area contributed by atoms with Crippen molar-refractivity contribution in [1.29, 1.82) is 0 Å². The quantitative estimate of drug-likeness (QED) is 0.718. The normalized spacial score (nSPS) is 11.8. The molecule has 6 heteroatoms. The molecule has 1 atom stereocenters. The first-order valence-corrected chi connectivity index (χ1v) is 8.18. The average Bonchev–Trinajstić information content (AvgIpc) is 3.08. The van der Waals surface area contributed by atoms with Gasteiger partial charge in [-0.1, -0.05) is 48.0 Å². The fourth-order valence-corrected chi connectivity index (χ4v) is 2.44. The lowest BCUT2D eigenvalue weighted by molar-refractivity contribution is -0.125. The number of hydrogen-bond acceptors (Lipinski definition) is 4. The summed E-state index contributed by atoms with van der Waals surface area (Å²) in [6, 6.07) is 17.1. The van der Waals surface area contributed by atoms with Gasteiger partial charge in [0.25, 0.3) is 5.91 Å². The third-order valence-electron chi connectivity index (χ3n) is 3.96. The number of benzene rings is 2. The van der Waals surface area contributed by atoms with Crippen LogP contribution >= 0.6 is 0 Å². The van der Waals surface area contributed by atoms with Gasteiger partial charge in [-0.2, -0.15) is 5.10 Å². The van der Waals surface area contributed by atoms with E-state index in [1.165, 1.54) is 6.92 Å². The molecule has 0 fully saturated rings. The van der Waals surface area contributed by atoms with Gasteiger partial charge in [0.2, 0.25) is 0 Å². The van der Waals surface area contributed by atoms with E-state index in [4.69, 9.17) is 10.5 Å². The summed E-state index contributed by atoms with van der Waals surface area (Å²) in [5, 5.41) is 4.55. The molecule has 1 amide bonds. The Labute approximate surface area is 151 Å². The highest BCUT2D eigenvalue weighted by atomic mass is 16.5.